The van der Waals surface area contributed by atoms with Crippen molar-refractivity contribution in [3.8, 4) is 0 Å². The maximum Gasteiger partial charge on any atom is 0.312 e. The summed E-state index contributed by atoms with van der Waals surface area (Å²) in [6.45, 7) is 0.188. The molecule has 0 aliphatic carbocycles. The number of primary sulfonamides is 1. The van der Waals surface area contributed by atoms with Crippen LogP contribution in [-0.2, 0) is 21.4 Å². The maximum absolute atomic E-state index is 12.2. The Morgan fingerprint density at radius 3 is 2.15 bits per heavy atom. The summed E-state index contributed by atoms with van der Waals surface area (Å²) in [7, 11) is -3.76. The molecule has 2 rings (SSSR count). The molecule has 0 radical (unpaired) electrons. The van der Waals surface area contributed by atoms with E-state index < -0.39 is 22.1 Å². The lowest BCUT2D eigenvalue weighted by molar-refractivity contribution is -0.121. The van der Waals surface area contributed by atoms with Gasteiger partial charge in [0.05, 0.1) is 17.4 Å². The van der Waals surface area contributed by atoms with Gasteiger partial charge in [0.1, 0.15) is 0 Å². The zero-order valence-electron chi connectivity index (χ0n) is 14.2. The van der Waals surface area contributed by atoms with Gasteiger partial charge in [-0.25, -0.2) is 18.4 Å². The van der Waals surface area contributed by atoms with E-state index in [4.69, 9.17) is 22.5 Å². The Morgan fingerprint density at radius 1 is 1.04 bits per heavy atom. The van der Waals surface area contributed by atoms with Crippen LogP contribution >= 0.6 is 11.6 Å². The monoisotopic (exact) mass is 410 g/mol. The molecule has 0 aliphatic heterocycles. The number of hydrogen-bond acceptors (Lipinski definition) is 4. The predicted octanol–water partition coefficient (Wildman–Crippen LogP) is 1.40. The largest absolute Gasteiger partial charge is 0.352 e. The van der Waals surface area contributed by atoms with Gasteiger partial charge >= 0.3 is 6.03 Å². The third-order valence-corrected chi connectivity index (χ3v) is 4.90. The molecule has 1 unspecified atom stereocenters. The summed E-state index contributed by atoms with van der Waals surface area (Å²) in [6.07, 6.45) is -0.0279. The number of primary amides is 1. The first kappa shape index (κ1) is 20.7. The fourth-order valence-corrected chi connectivity index (χ4v) is 3.02. The van der Waals surface area contributed by atoms with Crippen LogP contribution in [0.4, 0.5) is 4.79 Å². The molecule has 8 nitrogen and oxygen atoms in total. The summed E-state index contributed by atoms with van der Waals surface area (Å²) in [6, 6.07) is 11.2. The zero-order chi connectivity index (χ0) is 20.0. The minimum atomic E-state index is -3.76. The number of urea groups is 1. The van der Waals surface area contributed by atoms with Gasteiger partial charge in [0, 0.05) is 11.6 Å². The molecular formula is C17H19ClN4O4S. The van der Waals surface area contributed by atoms with Crippen LogP contribution in [0.3, 0.4) is 0 Å². The molecule has 1 atom stereocenters. The van der Waals surface area contributed by atoms with Gasteiger partial charge in [-0.3, -0.25) is 4.79 Å². The number of nitrogens with one attached hydrogen (secondary N) is 2. The molecule has 0 spiro atoms. The first-order valence-corrected chi connectivity index (χ1v) is 9.77. The SMILES string of the molecule is NC(=O)NC(CC(=O)NCc1ccc(S(N)(=O)=O)cc1)c1ccc(Cl)cc1. The molecule has 0 fully saturated rings. The standard InChI is InChI=1S/C17H19ClN4O4S/c18-13-5-3-12(4-6-13)15(22-17(19)24)9-16(23)21-10-11-1-7-14(8-2-11)27(20,25)26/h1-8,15H,9-10H2,(H,21,23)(H3,19,22,24)(H2,20,25,26). The van der Waals surface area contributed by atoms with E-state index in [1.54, 1.807) is 36.4 Å². The van der Waals surface area contributed by atoms with E-state index in [1.165, 1.54) is 12.1 Å². The van der Waals surface area contributed by atoms with Crippen LogP contribution in [0, 0.1) is 0 Å². The highest BCUT2D eigenvalue weighted by molar-refractivity contribution is 7.89. The molecule has 27 heavy (non-hydrogen) atoms. The van der Waals surface area contributed by atoms with E-state index in [9.17, 15) is 18.0 Å². The van der Waals surface area contributed by atoms with Crippen LogP contribution in [0.25, 0.3) is 0 Å². The van der Waals surface area contributed by atoms with Crippen LogP contribution < -0.4 is 21.5 Å². The maximum atomic E-state index is 12.2. The third kappa shape index (κ3) is 6.55. The van der Waals surface area contributed by atoms with E-state index in [0.29, 0.717) is 16.1 Å². The van der Waals surface area contributed by atoms with Gasteiger partial charge in [0.2, 0.25) is 15.9 Å². The normalized spacial score (nSPS) is 12.2. The minimum absolute atomic E-state index is 0.00830. The summed E-state index contributed by atoms with van der Waals surface area (Å²) >= 11 is 5.85. The summed E-state index contributed by atoms with van der Waals surface area (Å²) in [5.41, 5.74) is 6.57. The highest BCUT2D eigenvalue weighted by atomic mass is 35.5. The van der Waals surface area contributed by atoms with E-state index in [2.05, 4.69) is 10.6 Å². The van der Waals surface area contributed by atoms with Crippen molar-refractivity contribution in [3.63, 3.8) is 0 Å². The second kappa shape index (κ2) is 8.85. The Labute approximate surface area is 161 Å². The number of sulfonamides is 1. The molecule has 0 saturated heterocycles. The van der Waals surface area contributed by atoms with Gasteiger partial charge in [0.25, 0.3) is 0 Å². The average Bonchev–Trinajstić information content (AvgIpc) is 2.59. The number of nitrogens with two attached hydrogens (primary N) is 2. The van der Waals surface area contributed by atoms with Gasteiger partial charge in [-0.1, -0.05) is 35.9 Å². The molecule has 2 aromatic carbocycles. The average molecular weight is 411 g/mol. The molecular weight excluding hydrogens is 392 g/mol. The van der Waals surface area contributed by atoms with Gasteiger partial charge in [0.15, 0.2) is 0 Å². The van der Waals surface area contributed by atoms with Gasteiger partial charge in [-0.05, 0) is 35.4 Å². The highest BCUT2D eigenvalue weighted by Crippen LogP contribution is 2.19. The predicted molar refractivity (Wildman–Crippen MR) is 101 cm³/mol. The number of amides is 3. The molecule has 144 valence electrons. The Kier molecular flexibility index (Phi) is 6.78. The molecule has 10 heteroatoms. The fourth-order valence-electron chi connectivity index (χ4n) is 2.37. The van der Waals surface area contributed by atoms with Gasteiger partial charge < -0.3 is 16.4 Å². The molecule has 0 saturated carbocycles. The third-order valence-electron chi connectivity index (χ3n) is 3.72. The van der Waals surface area contributed by atoms with Crippen molar-refractivity contribution in [1.82, 2.24) is 10.6 Å². The number of rotatable bonds is 7. The summed E-state index contributed by atoms with van der Waals surface area (Å²) < 4.78 is 22.5. The quantitative estimate of drug-likeness (QED) is 0.546. The van der Waals surface area contributed by atoms with Gasteiger partial charge in [-0.15, -0.1) is 0 Å². The van der Waals surface area contributed by atoms with Crippen LogP contribution in [0.15, 0.2) is 53.4 Å². The van der Waals surface area contributed by atoms with Crippen LogP contribution in [0.5, 0.6) is 0 Å². The van der Waals surface area contributed by atoms with Crippen molar-refractivity contribution in [1.29, 1.82) is 0 Å². The van der Waals surface area contributed by atoms with Crippen molar-refractivity contribution in [3.05, 3.63) is 64.7 Å². The fraction of sp³-hybridized carbons (Fsp3) is 0.176. The van der Waals surface area contributed by atoms with E-state index in [0.717, 1.165) is 0 Å². The number of benzene rings is 2. The molecule has 0 heterocycles. The molecule has 0 aromatic heterocycles. The van der Waals surface area contributed by atoms with Crippen molar-refractivity contribution in [2.24, 2.45) is 10.9 Å². The van der Waals surface area contributed by atoms with Crippen LogP contribution in [0.2, 0.25) is 5.02 Å². The topological polar surface area (TPSA) is 144 Å². The smallest absolute Gasteiger partial charge is 0.312 e. The Bertz CT molecular complexity index is 915. The molecule has 6 N–H and O–H groups in total. The first-order chi connectivity index (χ1) is 12.6. The zero-order valence-corrected chi connectivity index (χ0v) is 15.8. The van der Waals surface area contributed by atoms with E-state index in [-0.39, 0.29) is 23.8 Å². The Morgan fingerprint density at radius 2 is 1.63 bits per heavy atom. The van der Waals surface area contributed by atoms with Crippen molar-refractivity contribution in [2.45, 2.75) is 23.9 Å². The molecule has 0 bridgehead atoms. The van der Waals surface area contributed by atoms with Crippen molar-refractivity contribution < 1.29 is 18.0 Å². The minimum Gasteiger partial charge on any atom is -0.352 e. The van der Waals surface area contributed by atoms with Crippen LogP contribution in [-0.4, -0.2) is 20.4 Å². The lowest BCUT2D eigenvalue weighted by Gasteiger charge is -2.18. The second-order valence-electron chi connectivity index (χ2n) is 5.78. The van der Waals surface area contributed by atoms with Crippen molar-refractivity contribution in [2.75, 3.05) is 0 Å². The molecule has 2 aromatic rings. The van der Waals surface area contributed by atoms with Gasteiger partial charge in [-0.2, -0.15) is 0 Å². The summed E-state index contributed by atoms with van der Waals surface area (Å²) in [4.78, 5) is 23.4. The number of halogens is 1. The first-order valence-electron chi connectivity index (χ1n) is 7.85. The Balaban J connectivity index is 1.99. The number of carbonyl (C=O) groups excluding carboxylic acids is 2. The van der Waals surface area contributed by atoms with Crippen LogP contribution in [0.1, 0.15) is 23.6 Å². The summed E-state index contributed by atoms with van der Waals surface area (Å²) in [5.74, 6) is -0.320. The Hall–Kier alpha value is -2.62. The lowest BCUT2D eigenvalue weighted by Crippen LogP contribution is -2.36. The van der Waals surface area contributed by atoms with Crippen molar-refractivity contribution >= 4 is 33.6 Å². The van der Waals surface area contributed by atoms with E-state index in [1.807, 2.05) is 0 Å². The highest BCUT2D eigenvalue weighted by Gasteiger charge is 2.17. The van der Waals surface area contributed by atoms with E-state index >= 15 is 0 Å². The number of carbonyl (C=O) groups is 2. The lowest BCUT2D eigenvalue weighted by atomic mass is 10.0. The summed E-state index contributed by atoms with van der Waals surface area (Å²) in [5, 5.41) is 10.8. The molecule has 0 aliphatic rings. The number of hydrogen-bond donors (Lipinski definition) is 4. The second-order valence-corrected chi connectivity index (χ2v) is 7.78. The molecule has 3 amide bonds.